The van der Waals surface area contributed by atoms with Crippen molar-refractivity contribution in [2.45, 2.75) is 20.3 Å². The molecule has 1 aromatic rings. The highest BCUT2D eigenvalue weighted by Gasteiger charge is 2.05. The van der Waals surface area contributed by atoms with Crippen LogP contribution in [0.1, 0.15) is 23.6 Å². The molecule has 0 saturated carbocycles. The van der Waals surface area contributed by atoms with Crippen LogP contribution in [0.5, 0.6) is 0 Å². The monoisotopic (exact) mass is 179 g/mol. The minimum Gasteiger partial charge on any atom is -0.192 e. The van der Waals surface area contributed by atoms with Crippen LogP contribution in [0.25, 0.3) is 0 Å². The van der Waals surface area contributed by atoms with Crippen LogP contribution in [0.4, 0.5) is 0 Å². The van der Waals surface area contributed by atoms with Gasteiger partial charge in [0, 0.05) is 0 Å². The first-order chi connectivity index (χ1) is 5.70. The molecule has 12 heavy (non-hydrogen) atoms. The molecule has 62 valence electrons. The highest BCUT2D eigenvalue weighted by Crippen LogP contribution is 2.23. The van der Waals surface area contributed by atoms with E-state index in [1.807, 2.05) is 13.0 Å². The van der Waals surface area contributed by atoms with E-state index in [1.54, 1.807) is 6.07 Å². The molecule has 0 atom stereocenters. The van der Waals surface area contributed by atoms with Crippen molar-refractivity contribution in [2.24, 2.45) is 0 Å². The van der Waals surface area contributed by atoms with E-state index in [1.165, 1.54) is 5.56 Å². The van der Waals surface area contributed by atoms with Gasteiger partial charge >= 0.3 is 0 Å². The van der Waals surface area contributed by atoms with Gasteiger partial charge in [-0.25, -0.2) is 0 Å². The van der Waals surface area contributed by atoms with Crippen LogP contribution in [0.15, 0.2) is 12.1 Å². The van der Waals surface area contributed by atoms with E-state index in [4.69, 9.17) is 16.9 Å². The van der Waals surface area contributed by atoms with Gasteiger partial charge in [-0.15, -0.1) is 0 Å². The van der Waals surface area contributed by atoms with Gasteiger partial charge in [-0.2, -0.15) is 5.26 Å². The molecule has 0 heterocycles. The SMILES string of the molecule is CCc1ccc(C#N)c(Cl)c1C. The second-order valence-electron chi connectivity index (χ2n) is 2.68. The number of halogens is 1. The molecule has 0 saturated heterocycles. The van der Waals surface area contributed by atoms with Crippen molar-refractivity contribution in [1.29, 1.82) is 5.26 Å². The molecule has 0 aliphatic rings. The second kappa shape index (κ2) is 3.60. The molecule has 1 rings (SSSR count). The van der Waals surface area contributed by atoms with Crippen LogP contribution in [0.3, 0.4) is 0 Å². The van der Waals surface area contributed by atoms with Crippen molar-refractivity contribution in [3.05, 3.63) is 33.8 Å². The second-order valence-corrected chi connectivity index (χ2v) is 3.05. The average Bonchev–Trinajstić information content (AvgIpc) is 2.10. The molecule has 2 heteroatoms. The van der Waals surface area contributed by atoms with E-state index in [9.17, 15) is 0 Å². The number of hydrogen-bond acceptors (Lipinski definition) is 1. The van der Waals surface area contributed by atoms with E-state index >= 15 is 0 Å². The Morgan fingerprint density at radius 1 is 1.50 bits per heavy atom. The molecular formula is C10H10ClN. The normalized spacial score (nSPS) is 9.50. The third kappa shape index (κ3) is 1.44. The van der Waals surface area contributed by atoms with Gasteiger partial charge in [0.05, 0.1) is 10.6 Å². The fraction of sp³-hybridized carbons (Fsp3) is 0.300. The van der Waals surface area contributed by atoms with E-state index in [0.29, 0.717) is 10.6 Å². The Morgan fingerprint density at radius 3 is 2.67 bits per heavy atom. The summed E-state index contributed by atoms with van der Waals surface area (Å²) in [6.45, 7) is 4.02. The molecule has 0 aliphatic carbocycles. The standard InChI is InChI=1S/C10H10ClN/c1-3-8-4-5-9(6-12)10(11)7(8)2/h4-5H,3H2,1-2H3. The van der Waals surface area contributed by atoms with E-state index in [2.05, 4.69) is 13.0 Å². The van der Waals surface area contributed by atoms with Crippen LogP contribution < -0.4 is 0 Å². The molecule has 0 amide bonds. The summed E-state index contributed by atoms with van der Waals surface area (Å²) in [7, 11) is 0. The molecule has 0 unspecified atom stereocenters. The number of rotatable bonds is 1. The predicted molar refractivity (Wildman–Crippen MR) is 50.3 cm³/mol. The Bertz CT molecular complexity index is 336. The number of nitriles is 1. The van der Waals surface area contributed by atoms with Gasteiger partial charge in [-0.05, 0) is 30.5 Å². The van der Waals surface area contributed by atoms with Gasteiger partial charge in [0.2, 0.25) is 0 Å². The molecule has 0 aliphatic heterocycles. The minimum absolute atomic E-state index is 0.561. The first kappa shape index (κ1) is 9.09. The zero-order valence-electron chi connectivity index (χ0n) is 7.19. The third-order valence-corrected chi connectivity index (χ3v) is 2.49. The molecule has 1 nitrogen and oxygen atoms in total. The maximum absolute atomic E-state index is 8.67. The summed E-state index contributed by atoms with van der Waals surface area (Å²) in [5, 5.41) is 9.27. The number of benzene rings is 1. The van der Waals surface area contributed by atoms with Gasteiger partial charge in [0.25, 0.3) is 0 Å². The van der Waals surface area contributed by atoms with Gasteiger partial charge in [-0.1, -0.05) is 24.6 Å². The number of aryl methyl sites for hydroxylation is 1. The van der Waals surface area contributed by atoms with Crippen molar-refractivity contribution in [1.82, 2.24) is 0 Å². The van der Waals surface area contributed by atoms with E-state index < -0.39 is 0 Å². The Kier molecular flexibility index (Phi) is 2.73. The van der Waals surface area contributed by atoms with Crippen molar-refractivity contribution in [2.75, 3.05) is 0 Å². The number of hydrogen-bond donors (Lipinski definition) is 0. The Morgan fingerprint density at radius 2 is 2.17 bits per heavy atom. The van der Waals surface area contributed by atoms with Gasteiger partial charge in [-0.3, -0.25) is 0 Å². The Hall–Kier alpha value is -1.00. The summed E-state index contributed by atoms with van der Waals surface area (Å²) in [6, 6.07) is 5.79. The van der Waals surface area contributed by atoms with Gasteiger partial charge in [0.15, 0.2) is 0 Å². The third-order valence-electron chi connectivity index (χ3n) is 2.00. The Balaban J connectivity index is 3.32. The van der Waals surface area contributed by atoms with Crippen molar-refractivity contribution >= 4 is 11.6 Å². The molecule has 0 aromatic heterocycles. The molecular weight excluding hydrogens is 170 g/mol. The lowest BCUT2D eigenvalue weighted by Crippen LogP contribution is -1.89. The minimum atomic E-state index is 0.561. The first-order valence-electron chi connectivity index (χ1n) is 3.88. The van der Waals surface area contributed by atoms with Crippen LogP contribution >= 0.6 is 11.6 Å². The van der Waals surface area contributed by atoms with Crippen molar-refractivity contribution < 1.29 is 0 Å². The van der Waals surface area contributed by atoms with Crippen LogP contribution in [0.2, 0.25) is 5.02 Å². The lowest BCUT2D eigenvalue weighted by atomic mass is 10.0. The van der Waals surface area contributed by atoms with Crippen LogP contribution in [-0.2, 0) is 6.42 Å². The summed E-state index contributed by atoms with van der Waals surface area (Å²) < 4.78 is 0. The van der Waals surface area contributed by atoms with E-state index in [-0.39, 0.29) is 0 Å². The topological polar surface area (TPSA) is 23.8 Å². The molecule has 0 spiro atoms. The highest BCUT2D eigenvalue weighted by atomic mass is 35.5. The van der Waals surface area contributed by atoms with Crippen LogP contribution in [0, 0.1) is 18.3 Å². The summed E-state index contributed by atoms with van der Waals surface area (Å²) >= 11 is 5.95. The summed E-state index contributed by atoms with van der Waals surface area (Å²) in [4.78, 5) is 0. The molecule has 0 radical (unpaired) electrons. The zero-order valence-corrected chi connectivity index (χ0v) is 7.94. The van der Waals surface area contributed by atoms with Crippen molar-refractivity contribution in [3.8, 4) is 6.07 Å². The van der Waals surface area contributed by atoms with Crippen LogP contribution in [-0.4, -0.2) is 0 Å². The molecule has 0 fully saturated rings. The first-order valence-corrected chi connectivity index (χ1v) is 4.26. The van der Waals surface area contributed by atoms with Gasteiger partial charge < -0.3 is 0 Å². The Labute approximate surface area is 77.6 Å². The van der Waals surface area contributed by atoms with Gasteiger partial charge in [0.1, 0.15) is 6.07 Å². The van der Waals surface area contributed by atoms with E-state index in [0.717, 1.165) is 12.0 Å². The summed E-state index contributed by atoms with van der Waals surface area (Å²) in [6.07, 6.45) is 0.956. The predicted octanol–water partition coefficient (Wildman–Crippen LogP) is 3.08. The quantitative estimate of drug-likeness (QED) is 0.650. The average molecular weight is 180 g/mol. The number of nitrogens with zero attached hydrogens (tertiary/aromatic N) is 1. The smallest absolute Gasteiger partial charge is 0.101 e. The molecule has 1 aromatic carbocycles. The maximum Gasteiger partial charge on any atom is 0.101 e. The summed E-state index contributed by atoms with van der Waals surface area (Å²) in [5.74, 6) is 0. The highest BCUT2D eigenvalue weighted by molar-refractivity contribution is 6.32. The lowest BCUT2D eigenvalue weighted by molar-refractivity contribution is 1.11. The lowest BCUT2D eigenvalue weighted by Gasteiger charge is -2.05. The fourth-order valence-electron chi connectivity index (χ4n) is 1.19. The van der Waals surface area contributed by atoms with Crippen molar-refractivity contribution in [3.63, 3.8) is 0 Å². The fourth-order valence-corrected chi connectivity index (χ4v) is 1.42. The molecule has 0 N–H and O–H groups in total. The maximum atomic E-state index is 8.67. The largest absolute Gasteiger partial charge is 0.192 e. The zero-order chi connectivity index (χ0) is 9.14. The summed E-state index contributed by atoms with van der Waals surface area (Å²) in [5.41, 5.74) is 2.79. The molecule has 0 bridgehead atoms.